The Morgan fingerprint density at radius 3 is 2.89 bits per heavy atom. The SMILES string of the molecule is Cn1c(C[C@@H]2CNC(=O)c3ccc(Br)n32)c[nH]c1=O. The Bertz CT molecular complexity index is 697. The largest absolute Gasteiger partial charge is 0.349 e. The first kappa shape index (κ1) is 12.3. The van der Waals surface area contributed by atoms with Crippen LogP contribution in [0.2, 0.25) is 0 Å². The highest BCUT2D eigenvalue weighted by atomic mass is 79.9. The summed E-state index contributed by atoms with van der Waals surface area (Å²) in [5, 5.41) is 2.87. The number of H-pyrrole nitrogens is 1. The van der Waals surface area contributed by atoms with Gasteiger partial charge in [-0.3, -0.25) is 9.36 Å². The number of amides is 1. The first-order valence-corrected chi connectivity index (χ1v) is 6.75. The Kier molecular flexibility index (Phi) is 2.85. The molecule has 0 aromatic carbocycles. The molecule has 0 bridgehead atoms. The molecule has 0 spiro atoms. The minimum atomic E-state index is -0.123. The molecule has 7 heteroatoms. The van der Waals surface area contributed by atoms with Crippen molar-refractivity contribution in [1.82, 2.24) is 19.4 Å². The van der Waals surface area contributed by atoms with Crippen LogP contribution >= 0.6 is 15.9 Å². The highest BCUT2D eigenvalue weighted by Crippen LogP contribution is 2.26. The first-order valence-electron chi connectivity index (χ1n) is 5.96. The number of aromatic nitrogens is 3. The minimum absolute atomic E-state index is 0.0649. The van der Waals surface area contributed by atoms with Crippen LogP contribution in [0.4, 0.5) is 0 Å². The molecule has 2 aromatic heterocycles. The summed E-state index contributed by atoms with van der Waals surface area (Å²) in [4.78, 5) is 25.8. The zero-order valence-corrected chi connectivity index (χ0v) is 11.9. The third kappa shape index (κ3) is 1.94. The lowest BCUT2D eigenvalue weighted by molar-refractivity contribution is 0.0913. The molecule has 0 saturated heterocycles. The normalized spacial score (nSPS) is 18.2. The van der Waals surface area contributed by atoms with E-state index in [1.165, 1.54) is 0 Å². The van der Waals surface area contributed by atoms with Gasteiger partial charge in [0.25, 0.3) is 5.91 Å². The Morgan fingerprint density at radius 2 is 2.21 bits per heavy atom. The summed E-state index contributed by atoms with van der Waals surface area (Å²) in [6, 6.07) is 3.75. The first-order chi connectivity index (χ1) is 9.08. The maximum atomic E-state index is 11.8. The summed E-state index contributed by atoms with van der Waals surface area (Å²) in [7, 11) is 1.74. The van der Waals surface area contributed by atoms with Gasteiger partial charge in [0, 0.05) is 31.9 Å². The average molecular weight is 325 g/mol. The second-order valence-electron chi connectivity index (χ2n) is 4.62. The van der Waals surface area contributed by atoms with E-state index in [1.807, 2.05) is 10.6 Å². The molecule has 1 aliphatic heterocycles. The summed E-state index contributed by atoms with van der Waals surface area (Å²) in [5.41, 5.74) is 1.43. The standard InChI is InChI=1S/C12H13BrN4O2/c1-16-7(5-15-12(16)19)4-8-6-14-11(18)9-2-3-10(13)17(8)9/h2-3,5,8H,4,6H2,1H3,(H,14,18)(H,15,19)/t8-/m1/s1. The van der Waals surface area contributed by atoms with Crippen molar-refractivity contribution in [3.05, 3.63) is 44.8 Å². The predicted molar refractivity (Wildman–Crippen MR) is 73.2 cm³/mol. The molecule has 0 fully saturated rings. The predicted octanol–water partition coefficient (Wildman–Crippen LogP) is 0.805. The van der Waals surface area contributed by atoms with Crippen LogP contribution < -0.4 is 11.0 Å². The monoisotopic (exact) mass is 324 g/mol. The van der Waals surface area contributed by atoms with E-state index in [-0.39, 0.29) is 17.6 Å². The number of carbonyl (C=O) groups excluding carboxylic acids is 1. The van der Waals surface area contributed by atoms with Gasteiger partial charge in [0.2, 0.25) is 0 Å². The number of rotatable bonds is 2. The minimum Gasteiger partial charge on any atom is -0.349 e. The lowest BCUT2D eigenvalue weighted by Crippen LogP contribution is -2.40. The fourth-order valence-corrected chi connectivity index (χ4v) is 3.05. The van der Waals surface area contributed by atoms with Gasteiger partial charge in [-0.2, -0.15) is 0 Å². The lowest BCUT2D eigenvalue weighted by atomic mass is 10.1. The summed E-state index contributed by atoms with van der Waals surface area (Å²) < 4.78 is 4.44. The number of imidazole rings is 1. The van der Waals surface area contributed by atoms with Crippen molar-refractivity contribution in [2.24, 2.45) is 7.05 Å². The molecule has 0 radical (unpaired) electrons. The van der Waals surface area contributed by atoms with E-state index in [2.05, 4.69) is 26.2 Å². The number of fused-ring (bicyclic) bond motifs is 1. The number of hydrogen-bond acceptors (Lipinski definition) is 2. The Hall–Kier alpha value is -1.76. The van der Waals surface area contributed by atoms with Gasteiger partial charge in [-0.25, -0.2) is 4.79 Å². The van der Waals surface area contributed by atoms with Gasteiger partial charge in [0.05, 0.1) is 10.6 Å². The van der Waals surface area contributed by atoms with Crippen LogP contribution in [-0.2, 0) is 13.5 Å². The Labute approximate surface area is 117 Å². The fraction of sp³-hybridized carbons (Fsp3) is 0.333. The van der Waals surface area contributed by atoms with Crippen LogP contribution in [0.3, 0.4) is 0 Å². The molecule has 0 saturated carbocycles. The average Bonchev–Trinajstić information content (AvgIpc) is 2.92. The number of hydrogen-bond donors (Lipinski definition) is 2. The molecule has 0 aliphatic carbocycles. The topological polar surface area (TPSA) is 71.8 Å². The molecule has 1 atom stereocenters. The number of carbonyl (C=O) groups is 1. The van der Waals surface area contributed by atoms with E-state index in [4.69, 9.17) is 0 Å². The third-order valence-corrected chi connectivity index (χ3v) is 4.15. The molecule has 1 amide bonds. The summed E-state index contributed by atoms with van der Waals surface area (Å²) in [6.07, 6.45) is 2.39. The molecular formula is C12H13BrN4O2. The van der Waals surface area contributed by atoms with Crippen LogP contribution in [0.1, 0.15) is 22.2 Å². The van der Waals surface area contributed by atoms with E-state index in [0.717, 1.165) is 10.3 Å². The van der Waals surface area contributed by atoms with Gasteiger partial charge in [-0.05, 0) is 28.1 Å². The quantitative estimate of drug-likeness (QED) is 0.857. The van der Waals surface area contributed by atoms with Crippen molar-refractivity contribution in [2.75, 3.05) is 6.54 Å². The summed E-state index contributed by atoms with van der Waals surface area (Å²) in [6.45, 7) is 0.554. The molecule has 3 heterocycles. The van der Waals surface area contributed by atoms with Crippen molar-refractivity contribution in [3.8, 4) is 0 Å². The third-order valence-electron chi connectivity index (χ3n) is 3.51. The smallest absolute Gasteiger partial charge is 0.325 e. The van der Waals surface area contributed by atoms with Crippen LogP contribution in [0.5, 0.6) is 0 Å². The lowest BCUT2D eigenvalue weighted by Gasteiger charge is -2.27. The van der Waals surface area contributed by atoms with Gasteiger partial charge in [0.1, 0.15) is 5.69 Å². The van der Waals surface area contributed by atoms with E-state index in [0.29, 0.717) is 18.7 Å². The van der Waals surface area contributed by atoms with Crippen molar-refractivity contribution in [2.45, 2.75) is 12.5 Å². The van der Waals surface area contributed by atoms with Crippen LogP contribution in [0.25, 0.3) is 0 Å². The molecule has 100 valence electrons. The van der Waals surface area contributed by atoms with Gasteiger partial charge >= 0.3 is 5.69 Å². The van der Waals surface area contributed by atoms with Crippen LogP contribution in [0, 0.1) is 0 Å². The Balaban J connectivity index is 1.97. The molecule has 19 heavy (non-hydrogen) atoms. The van der Waals surface area contributed by atoms with Crippen LogP contribution in [-0.4, -0.2) is 26.6 Å². The van der Waals surface area contributed by atoms with Crippen molar-refractivity contribution >= 4 is 21.8 Å². The second-order valence-corrected chi connectivity index (χ2v) is 5.44. The number of aromatic amines is 1. The molecule has 0 unspecified atom stereocenters. The molecule has 2 N–H and O–H groups in total. The van der Waals surface area contributed by atoms with Crippen molar-refractivity contribution in [3.63, 3.8) is 0 Å². The summed E-state index contributed by atoms with van der Waals surface area (Å²) in [5.74, 6) is -0.0649. The zero-order valence-electron chi connectivity index (χ0n) is 10.3. The van der Waals surface area contributed by atoms with E-state index >= 15 is 0 Å². The number of nitrogens with one attached hydrogen (secondary N) is 2. The van der Waals surface area contributed by atoms with Crippen molar-refractivity contribution < 1.29 is 4.79 Å². The molecular weight excluding hydrogens is 312 g/mol. The maximum absolute atomic E-state index is 11.8. The Morgan fingerprint density at radius 1 is 1.42 bits per heavy atom. The highest BCUT2D eigenvalue weighted by Gasteiger charge is 2.27. The zero-order chi connectivity index (χ0) is 13.6. The van der Waals surface area contributed by atoms with Gasteiger partial charge < -0.3 is 14.9 Å². The second kappa shape index (κ2) is 4.41. The summed E-state index contributed by atoms with van der Waals surface area (Å²) >= 11 is 3.46. The van der Waals surface area contributed by atoms with E-state index < -0.39 is 0 Å². The van der Waals surface area contributed by atoms with Crippen molar-refractivity contribution in [1.29, 1.82) is 0 Å². The number of nitrogens with zero attached hydrogens (tertiary/aromatic N) is 2. The fourth-order valence-electron chi connectivity index (χ4n) is 2.44. The van der Waals surface area contributed by atoms with Gasteiger partial charge in [-0.15, -0.1) is 0 Å². The number of halogens is 1. The highest BCUT2D eigenvalue weighted by molar-refractivity contribution is 9.10. The van der Waals surface area contributed by atoms with Gasteiger partial charge in [0.15, 0.2) is 0 Å². The molecule has 3 rings (SSSR count). The molecule has 6 nitrogen and oxygen atoms in total. The maximum Gasteiger partial charge on any atom is 0.325 e. The van der Waals surface area contributed by atoms with E-state index in [9.17, 15) is 9.59 Å². The van der Waals surface area contributed by atoms with Crippen LogP contribution in [0.15, 0.2) is 27.7 Å². The van der Waals surface area contributed by atoms with Gasteiger partial charge in [-0.1, -0.05) is 0 Å². The van der Waals surface area contributed by atoms with E-state index in [1.54, 1.807) is 23.9 Å². The molecule has 2 aromatic rings. The molecule has 1 aliphatic rings.